The molecule has 0 bridgehead atoms. The number of anilines is 2. The minimum absolute atomic E-state index is 0.0772. The molecule has 200 valence electrons. The topological polar surface area (TPSA) is 114 Å². The summed E-state index contributed by atoms with van der Waals surface area (Å²) < 4.78 is 29.0. The van der Waals surface area contributed by atoms with Crippen molar-refractivity contribution in [1.29, 1.82) is 0 Å². The van der Waals surface area contributed by atoms with Gasteiger partial charge in [-0.15, -0.1) is 0 Å². The molecule has 2 rings (SSSR count). The molecule has 3 amide bonds. The van der Waals surface area contributed by atoms with Gasteiger partial charge in [-0.1, -0.05) is 22.0 Å². The Kier molecular flexibility index (Phi) is 10.9. The van der Waals surface area contributed by atoms with Crippen molar-refractivity contribution in [3.8, 4) is 0 Å². The molecule has 0 saturated carbocycles. The third kappa shape index (κ3) is 10.5. The summed E-state index contributed by atoms with van der Waals surface area (Å²) in [6.07, 6.45) is -1.82. The largest absolute Gasteiger partial charge is 0.444 e. The number of nitrogens with one attached hydrogen (secondary N) is 1. The van der Waals surface area contributed by atoms with Crippen LogP contribution in [-0.4, -0.2) is 61.0 Å². The third-order valence-electron chi connectivity index (χ3n) is 4.58. The fraction of sp³-hybridized carbons (Fsp3) is 0.360. The molecule has 0 spiro atoms. The average Bonchev–Trinajstić information content (AvgIpc) is 2.80. The summed E-state index contributed by atoms with van der Waals surface area (Å²) in [5.74, 6) is -1.86. The second kappa shape index (κ2) is 13.6. The lowest BCUT2D eigenvalue weighted by atomic mass is 10.2. The molecule has 0 aliphatic heterocycles. The monoisotopic (exact) mass is 581 g/mol. The number of rotatable bonds is 9. The van der Waals surface area contributed by atoms with Crippen molar-refractivity contribution < 1.29 is 37.8 Å². The van der Waals surface area contributed by atoms with Gasteiger partial charge in [-0.3, -0.25) is 9.59 Å². The number of hydrogen-bond acceptors (Lipinski definition) is 8. The molecule has 1 N–H and O–H groups in total. The van der Waals surface area contributed by atoms with Gasteiger partial charge in [-0.25, -0.2) is 18.9 Å². The van der Waals surface area contributed by atoms with Gasteiger partial charge >= 0.3 is 18.2 Å². The zero-order valence-electron chi connectivity index (χ0n) is 21.0. The summed E-state index contributed by atoms with van der Waals surface area (Å²) in [4.78, 5) is 50.6. The van der Waals surface area contributed by atoms with Crippen molar-refractivity contribution in [1.82, 2.24) is 10.2 Å². The predicted molar refractivity (Wildman–Crippen MR) is 137 cm³/mol. The molecule has 0 aliphatic rings. The zero-order valence-corrected chi connectivity index (χ0v) is 22.5. The smallest absolute Gasteiger partial charge is 0.419 e. The highest BCUT2D eigenvalue weighted by Gasteiger charge is 2.22. The molecule has 0 aliphatic carbocycles. The van der Waals surface area contributed by atoms with Gasteiger partial charge < -0.3 is 24.4 Å². The maximum absolute atomic E-state index is 13.5. The van der Waals surface area contributed by atoms with Gasteiger partial charge in [0.1, 0.15) is 18.0 Å². The molecule has 0 atom stereocenters. The first kappa shape index (κ1) is 29.6. The standard InChI is InChI=1S/C25H29BrFN3O7/c1-17(31)29(24(34)36-16-35-22(32)15-28-23(33)37-25(2,3)4)12-13-30(20-10-8-19(27)9-11-20)21-7-5-6-18(26)14-21/h5-11,14H,12-13,15-16H2,1-4H3,(H,28,33). The van der Waals surface area contributed by atoms with Crippen molar-refractivity contribution in [2.75, 3.05) is 31.3 Å². The number of alkyl carbamates (subject to hydrolysis) is 1. The number of amides is 3. The number of imide groups is 1. The summed E-state index contributed by atoms with van der Waals surface area (Å²) in [6, 6.07) is 13.1. The van der Waals surface area contributed by atoms with Gasteiger partial charge in [0.05, 0.1) is 0 Å². The number of esters is 1. The number of ether oxygens (including phenoxy) is 3. The number of carbonyl (C=O) groups excluding carboxylic acids is 4. The second-order valence-electron chi connectivity index (χ2n) is 8.68. The summed E-state index contributed by atoms with van der Waals surface area (Å²) in [7, 11) is 0. The lowest BCUT2D eigenvalue weighted by Crippen LogP contribution is -2.41. The Morgan fingerprint density at radius 1 is 0.973 bits per heavy atom. The first-order valence-corrected chi connectivity index (χ1v) is 12.0. The van der Waals surface area contributed by atoms with E-state index in [0.29, 0.717) is 5.69 Å². The highest BCUT2D eigenvalue weighted by atomic mass is 79.9. The van der Waals surface area contributed by atoms with Crippen LogP contribution < -0.4 is 10.2 Å². The van der Waals surface area contributed by atoms with E-state index >= 15 is 0 Å². The molecular formula is C25H29BrFN3O7. The van der Waals surface area contributed by atoms with Crippen LogP contribution in [0.25, 0.3) is 0 Å². The molecule has 2 aromatic carbocycles. The van der Waals surface area contributed by atoms with Crippen molar-refractivity contribution in [3.63, 3.8) is 0 Å². The number of benzene rings is 2. The molecule has 0 saturated heterocycles. The van der Waals surface area contributed by atoms with Crippen molar-refractivity contribution >= 4 is 51.4 Å². The summed E-state index contributed by atoms with van der Waals surface area (Å²) in [5.41, 5.74) is 0.648. The predicted octanol–water partition coefficient (Wildman–Crippen LogP) is 4.74. The van der Waals surface area contributed by atoms with E-state index in [1.54, 1.807) is 37.8 Å². The molecule has 0 heterocycles. The average molecular weight is 582 g/mol. The molecule has 0 fully saturated rings. The molecular weight excluding hydrogens is 553 g/mol. The fourth-order valence-electron chi connectivity index (χ4n) is 2.98. The Balaban J connectivity index is 1.95. The quantitative estimate of drug-likeness (QED) is 0.333. The van der Waals surface area contributed by atoms with Crippen LogP contribution in [0.15, 0.2) is 53.0 Å². The summed E-state index contributed by atoms with van der Waals surface area (Å²) >= 11 is 3.42. The van der Waals surface area contributed by atoms with Gasteiger partial charge in [-0.2, -0.15) is 0 Å². The lowest BCUT2D eigenvalue weighted by Gasteiger charge is -2.28. The van der Waals surface area contributed by atoms with Crippen molar-refractivity contribution in [2.24, 2.45) is 0 Å². The molecule has 2 aromatic rings. The fourth-order valence-corrected chi connectivity index (χ4v) is 3.37. The van der Waals surface area contributed by atoms with Gasteiger partial charge in [-0.05, 0) is 63.2 Å². The van der Waals surface area contributed by atoms with Crippen LogP contribution in [0.3, 0.4) is 0 Å². The maximum atomic E-state index is 13.5. The van der Waals surface area contributed by atoms with Crippen molar-refractivity contribution in [2.45, 2.75) is 33.3 Å². The molecule has 10 nitrogen and oxygen atoms in total. The summed E-state index contributed by atoms with van der Waals surface area (Å²) in [5, 5.41) is 2.22. The molecule has 0 unspecified atom stereocenters. The van der Waals surface area contributed by atoms with E-state index in [2.05, 4.69) is 21.2 Å². The minimum atomic E-state index is -1.02. The minimum Gasteiger partial charge on any atom is -0.444 e. The maximum Gasteiger partial charge on any atom is 0.419 e. The zero-order chi connectivity index (χ0) is 27.6. The Morgan fingerprint density at radius 3 is 2.24 bits per heavy atom. The molecule has 37 heavy (non-hydrogen) atoms. The van der Waals surface area contributed by atoms with Crippen LogP contribution in [0.5, 0.6) is 0 Å². The highest BCUT2D eigenvalue weighted by Crippen LogP contribution is 2.28. The molecule has 0 aromatic heterocycles. The number of hydrogen-bond donors (Lipinski definition) is 1. The van der Waals surface area contributed by atoms with E-state index in [4.69, 9.17) is 14.2 Å². The Labute approximate surface area is 222 Å². The van der Waals surface area contributed by atoms with Gasteiger partial charge in [0.25, 0.3) is 0 Å². The first-order valence-electron chi connectivity index (χ1n) is 11.2. The third-order valence-corrected chi connectivity index (χ3v) is 5.08. The first-order chi connectivity index (χ1) is 17.4. The number of carbonyl (C=O) groups is 4. The second-order valence-corrected chi connectivity index (χ2v) is 9.59. The van der Waals surface area contributed by atoms with E-state index in [9.17, 15) is 23.6 Å². The van der Waals surface area contributed by atoms with Crippen LogP contribution in [0.2, 0.25) is 0 Å². The Bertz CT molecular complexity index is 1110. The van der Waals surface area contributed by atoms with Gasteiger partial charge in [0.15, 0.2) is 0 Å². The Hall–Kier alpha value is -3.67. The summed E-state index contributed by atoms with van der Waals surface area (Å²) in [6.45, 7) is 5.03. The van der Waals surface area contributed by atoms with Crippen LogP contribution in [-0.2, 0) is 23.8 Å². The number of halogens is 2. The normalized spacial score (nSPS) is 10.8. The lowest BCUT2D eigenvalue weighted by molar-refractivity contribution is -0.151. The van der Waals surface area contributed by atoms with Gasteiger partial charge in [0, 0.05) is 35.9 Å². The SMILES string of the molecule is CC(=O)N(CCN(c1ccc(F)cc1)c1cccc(Br)c1)C(=O)OCOC(=O)CNC(=O)OC(C)(C)C. The molecule has 12 heteroatoms. The molecule has 0 radical (unpaired) electrons. The van der Waals surface area contributed by atoms with Crippen LogP contribution in [0.1, 0.15) is 27.7 Å². The van der Waals surface area contributed by atoms with E-state index in [0.717, 1.165) is 15.1 Å². The van der Waals surface area contributed by atoms with E-state index in [-0.39, 0.29) is 13.1 Å². The van der Waals surface area contributed by atoms with Crippen molar-refractivity contribution in [3.05, 3.63) is 58.8 Å². The van der Waals surface area contributed by atoms with E-state index in [1.807, 2.05) is 24.3 Å². The highest BCUT2D eigenvalue weighted by molar-refractivity contribution is 9.10. The number of nitrogens with zero attached hydrogens (tertiary/aromatic N) is 2. The Morgan fingerprint density at radius 2 is 1.65 bits per heavy atom. The van der Waals surface area contributed by atoms with E-state index in [1.165, 1.54) is 19.1 Å². The van der Waals surface area contributed by atoms with E-state index < -0.39 is 48.8 Å². The van der Waals surface area contributed by atoms with Crippen LogP contribution in [0.4, 0.5) is 25.4 Å². The van der Waals surface area contributed by atoms with Crippen LogP contribution in [0, 0.1) is 5.82 Å². The van der Waals surface area contributed by atoms with Gasteiger partial charge in [0.2, 0.25) is 12.7 Å². The van der Waals surface area contributed by atoms with Crippen LogP contribution >= 0.6 is 15.9 Å².